The molecule has 0 spiro atoms. The van der Waals surface area contributed by atoms with Gasteiger partial charge in [-0.05, 0) is 36.4 Å². The predicted octanol–water partition coefficient (Wildman–Crippen LogP) is 2.81. The van der Waals surface area contributed by atoms with E-state index in [9.17, 15) is 14.0 Å². The van der Waals surface area contributed by atoms with Gasteiger partial charge in [0.2, 0.25) is 11.8 Å². The van der Waals surface area contributed by atoms with Crippen LogP contribution in [0.25, 0.3) is 0 Å². The van der Waals surface area contributed by atoms with Crippen molar-refractivity contribution < 1.29 is 23.5 Å². The lowest BCUT2D eigenvalue weighted by molar-refractivity contribution is -0.123. The maximum atomic E-state index is 12.8. The number of rotatable bonds is 6. The highest BCUT2D eigenvalue weighted by molar-refractivity contribution is 6.08. The summed E-state index contributed by atoms with van der Waals surface area (Å²) < 4.78 is 23.0. The molecule has 0 aliphatic heterocycles. The molecular formula is C17H17FN2O4. The molecule has 0 aromatic heterocycles. The summed E-state index contributed by atoms with van der Waals surface area (Å²) >= 11 is 0. The molecular weight excluding hydrogens is 315 g/mol. The van der Waals surface area contributed by atoms with Crippen molar-refractivity contribution in [2.24, 2.45) is 0 Å². The summed E-state index contributed by atoms with van der Waals surface area (Å²) in [6, 6.07) is 10.2. The van der Waals surface area contributed by atoms with Gasteiger partial charge < -0.3 is 20.1 Å². The van der Waals surface area contributed by atoms with Gasteiger partial charge in [0.25, 0.3) is 0 Å². The van der Waals surface area contributed by atoms with E-state index in [0.717, 1.165) is 0 Å². The van der Waals surface area contributed by atoms with Crippen LogP contribution in [-0.2, 0) is 9.59 Å². The molecule has 126 valence electrons. The van der Waals surface area contributed by atoms with Crippen molar-refractivity contribution in [2.75, 3.05) is 24.9 Å². The van der Waals surface area contributed by atoms with Crippen molar-refractivity contribution in [1.29, 1.82) is 0 Å². The van der Waals surface area contributed by atoms with Crippen molar-refractivity contribution in [3.05, 3.63) is 48.3 Å². The molecule has 0 fully saturated rings. The fourth-order valence-corrected chi connectivity index (χ4v) is 1.98. The zero-order valence-electron chi connectivity index (χ0n) is 13.3. The Morgan fingerprint density at radius 3 is 2.25 bits per heavy atom. The van der Waals surface area contributed by atoms with E-state index in [1.165, 1.54) is 38.5 Å². The first-order valence-electron chi connectivity index (χ1n) is 7.09. The maximum Gasteiger partial charge on any atom is 0.233 e. The van der Waals surface area contributed by atoms with E-state index in [4.69, 9.17) is 9.47 Å². The Morgan fingerprint density at radius 2 is 1.62 bits per heavy atom. The number of anilines is 2. The SMILES string of the molecule is COc1ccc(NC(=O)CC(=O)Nc2ccc(F)cc2)c(OC)c1. The summed E-state index contributed by atoms with van der Waals surface area (Å²) in [5.74, 6) is -0.414. The number of carbonyl (C=O) groups is 2. The molecule has 0 aliphatic rings. The van der Waals surface area contributed by atoms with Crippen LogP contribution in [0, 0.1) is 5.82 Å². The van der Waals surface area contributed by atoms with Gasteiger partial charge in [0.05, 0.1) is 19.9 Å². The third-order valence-corrected chi connectivity index (χ3v) is 3.13. The lowest BCUT2D eigenvalue weighted by atomic mass is 10.2. The number of hydrogen-bond acceptors (Lipinski definition) is 4. The Hall–Kier alpha value is -3.09. The summed E-state index contributed by atoms with van der Waals surface area (Å²) in [4.78, 5) is 23.8. The summed E-state index contributed by atoms with van der Waals surface area (Å²) in [5, 5.41) is 5.11. The molecule has 0 radical (unpaired) electrons. The van der Waals surface area contributed by atoms with Crippen LogP contribution in [0.5, 0.6) is 11.5 Å². The highest BCUT2D eigenvalue weighted by Crippen LogP contribution is 2.29. The Morgan fingerprint density at radius 1 is 0.958 bits per heavy atom. The Kier molecular flexibility index (Phi) is 5.73. The van der Waals surface area contributed by atoms with Crippen LogP contribution in [0.4, 0.5) is 15.8 Å². The van der Waals surface area contributed by atoms with Gasteiger partial charge in [-0.25, -0.2) is 4.39 Å². The summed E-state index contributed by atoms with van der Waals surface area (Å²) in [6.45, 7) is 0. The topological polar surface area (TPSA) is 76.7 Å². The standard InChI is InChI=1S/C17H17FN2O4/c1-23-13-7-8-14(15(9-13)24-2)20-17(22)10-16(21)19-12-5-3-11(18)4-6-12/h3-9H,10H2,1-2H3,(H,19,21)(H,20,22). The third-order valence-electron chi connectivity index (χ3n) is 3.13. The van der Waals surface area contributed by atoms with Gasteiger partial charge in [-0.2, -0.15) is 0 Å². The molecule has 0 atom stereocenters. The van der Waals surface area contributed by atoms with Crippen LogP contribution in [0.3, 0.4) is 0 Å². The molecule has 2 N–H and O–H groups in total. The molecule has 2 rings (SSSR count). The molecule has 0 saturated carbocycles. The van der Waals surface area contributed by atoms with Gasteiger partial charge in [0.15, 0.2) is 0 Å². The number of halogens is 1. The number of carbonyl (C=O) groups excluding carboxylic acids is 2. The Bertz CT molecular complexity index is 732. The summed E-state index contributed by atoms with van der Waals surface area (Å²) in [6.07, 6.45) is -0.382. The smallest absolute Gasteiger partial charge is 0.233 e. The minimum atomic E-state index is -0.508. The minimum Gasteiger partial charge on any atom is -0.497 e. The van der Waals surface area contributed by atoms with E-state index in [0.29, 0.717) is 22.9 Å². The first kappa shape index (κ1) is 17.3. The van der Waals surface area contributed by atoms with Gasteiger partial charge in [0.1, 0.15) is 23.7 Å². The molecule has 0 bridgehead atoms. The van der Waals surface area contributed by atoms with E-state index >= 15 is 0 Å². The number of nitrogens with one attached hydrogen (secondary N) is 2. The first-order chi connectivity index (χ1) is 11.5. The summed E-state index contributed by atoms with van der Waals surface area (Å²) in [7, 11) is 2.98. The zero-order chi connectivity index (χ0) is 17.5. The number of hydrogen-bond donors (Lipinski definition) is 2. The van der Waals surface area contributed by atoms with Crippen LogP contribution in [0.2, 0.25) is 0 Å². The van der Waals surface area contributed by atoms with E-state index in [2.05, 4.69) is 10.6 Å². The van der Waals surface area contributed by atoms with Gasteiger partial charge in [0, 0.05) is 11.8 Å². The average molecular weight is 332 g/mol. The third kappa shape index (κ3) is 4.70. The van der Waals surface area contributed by atoms with Gasteiger partial charge in [-0.15, -0.1) is 0 Å². The predicted molar refractivity (Wildman–Crippen MR) is 87.8 cm³/mol. The van der Waals surface area contributed by atoms with E-state index in [-0.39, 0.29) is 6.42 Å². The highest BCUT2D eigenvalue weighted by atomic mass is 19.1. The zero-order valence-corrected chi connectivity index (χ0v) is 13.3. The Balaban J connectivity index is 1.95. The maximum absolute atomic E-state index is 12.8. The van der Waals surface area contributed by atoms with Crippen molar-refractivity contribution in [2.45, 2.75) is 6.42 Å². The van der Waals surface area contributed by atoms with Crippen molar-refractivity contribution in [1.82, 2.24) is 0 Å². The molecule has 0 unspecified atom stereocenters. The van der Waals surface area contributed by atoms with Crippen LogP contribution in [0.1, 0.15) is 6.42 Å². The first-order valence-corrected chi connectivity index (χ1v) is 7.09. The van der Waals surface area contributed by atoms with Gasteiger partial charge in [-0.1, -0.05) is 0 Å². The quantitative estimate of drug-likeness (QED) is 0.798. The van der Waals surface area contributed by atoms with Crippen molar-refractivity contribution in [3.8, 4) is 11.5 Å². The van der Waals surface area contributed by atoms with Crippen LogP contribution < -0.4 is 20.1 Å². The fraction of sp³-hybridized carbons (Fsp3) is 0.176. The van der Waals surface area contributed by atoms with E-state index in [1.807, 2.05) is 0 Å². The second kappa shape index (κ2) is 7.96. The van der Waals surface area contributed by atoms with Gasteiger partial charge in [-0.3, -0.25) is 9.59 Å². The molecule has 2 amide bonds. The summed E-state index contributed by atoms with van der Waals surface area (Å²) in [5.41, 5.74) is 0.842. The second-order valence-electron chi connectivity index (χ2n) is 4.85. The molecule has 0 saturated heterocycles. The molecule has 7 heteroatoms. The fourth-order valence-electron chi connectivity index (χ4n) is 1.98. The van der Waals surface area contributed by atoms with E-state index in [1.54, 1.807) is 18.2 Å². The Labute approximate surface area is 138 Å². The van der Waals surface area contributed by atoms with Crippen LogP contribution in [0.15, 0.2) is 42.5 Å². The second-order valence-corrected chi connectivity index (χ2v) is 4.85. The van der Waals surface area contributed by atoms with Crippen LogP contribution in [-0.4, -0.2) is 26.0 Å². The molecule has 2 aromatic rings. The molecule has 0 aliphatic carbocycles. The normalized spacial score (nSPS) is 9.96. The molecule has 0 heterocycles. The number of ether oxygens (including phenoxy) is 2. The lowest BCUT2D eigenvalue weighted by Gasteiger charge is -2.11. The minimum absolute atomic E-state index is 0.382. The molecule has 2 aromatic carbocycles. The lowest BCUT2D eigenvalue weighted by Crippen LogP contribution is -2.21. The van der Waals surface area contributed by atoms with Crippen molar-refractivity contribution in [3.63, 3.8) is 0 Å². The largest absolute Gasteiger partial charge is 0.497 e. The molecule has 24 heavy (non-hydrogen) atoms. The highest BCUT2D eigenvalue weighted by Gasteiger charge is 2.13. The molecule has 6 nitrogen and oxygen atoms in total. The monoisotopic (exact) mass is 332 g/mol. The number of amides is 2. The van der Waals surface area contributed by atoms with Crippen molar-refractivity contribution >= 4 is 23.2 Å². The van der Waals surface area contributed by atoms with Crippen LogP contribution >= 0.6 is 0 Å². The number of methoxy groups -OCH3 is 2. The van der Waals surface area contributed by atoms with Gasteiger partial charge >= 0.3 is 0 Å². The van der Waals surface area contributed by atoms with E-state index < -0.39 is 17.6 Å². The average Bonchev–Trinajstić information content (AvgIpc) is 2.57. The number of benzene rings is 2.